The summed E-state index contributed by atoms with van der Waals surface area (Å²) < 4.78 is 0. The number of rotatable bonds is 7. The van der Waals surface area contributed by atoms with Crippen LogP contribution in [0.4, 0.5) is 0 Å². The van der Waals surface area contributed by atoms with Crippen LogP contribution in [0.1, 0.15) is 48.1 Å². The maximum atomic E-state index is 11.1. The molecular formula is C22H36Br3ClN4O4. The Hall–Kier alpha value is -0.950. The number of aliphatic hydroxyl groups excluding tert-OH is 1. The van der Waals surface area contributed by atoms with Crippen LogP contribution >= 0.6 is 61.2 Å². The first-order valence-corrected chi connectivity index (χ1v) is 12.2. The van der Waals surface area contributed by atoms with Crippen LogP contribution in [-0.4, -0.2) is 58.1 Å². The van der Waals surface area contributed by atoms with Crippen LogP contribution in [-0.2, 0) is 22.5 Å². The van der Waals surface area contributed by atoms with Gasteiger partial charge in [0.1, 0.15) is 18.5 Å². The molecule has 0 saturated carbocycles. The van der Waals surface area contributed by atoms with Gasteiger partial charge in [0.15, 0.2) is 5.78 Å². The van der Waals surface area contributed by atoms with E-state index in [0.29, 0.717) is 16.4 Å². The summed E-state index contributed by atoms with van der Waals surface area (Å²) in [6, 6.07) is 7.71. The Labute approximate surface area is 236 Å². The third-order valence-electron chi connectivity index (χ3n) is 3.50. The number of hydrogen-bond donors (Lipinski definition) is 2. The van der Waals surface area contributed by atoms with Crippen molar-refractivity contribution in [2.24, 2.45) is 11.1 Å². The van der Waals surface area contributed by atoms with E-state index >= 15 is 0 Å². The van der Waals surface area contributed by atoms with E-state index in [1.807, 2.05) is 18.3 Å². The second-order valence-electron chi connectivity index (χ2n) is 5.77. The van der Waals surface area contributed by atoms with Crippen LogP contribution in [0.25, 0.3) is 0 Å². The SMILES string of the molecule is Br.CCO.CCc1ccc(C(=O)CBr)nc1.CCc1ccc(C(CBr)=NOC)nc1.CON.Cl. The van der Waals surface area contributed by atoms with Gasteiger partial charge in [-0.05, 0) is 43.0 Å². The number of carbonyl (C=O) groups excluding carboxylic acids is 1. The van der Waals surface area contributed by atoms with Crippen LogP contribution in [0.3, 0.4) is 0 Å². The van der Waals surface area contributed by atoms with Crippen LogP contribution in [0.2, 0.25) is 0 Å². The van der Waals surface area contributed by atoms with Crippen molar-refractivity contribution in [2.75, 3.05) is 31.5 Å². The number of carbonyl (C=O) groups is 1. The second-order valence-corrected chi connectivity index (χ2v) is 6.89. The summed E-state index contributed by atoms with van der Waals surface area (Å²) in [4.78, 5) is 27.9. The highest BCUT2D eigenvalue weighted by Crippen LogP contribution is 2.05. The molecule has 2 aromatic heterocycles. The molecule has 0 saturated heterocycles. The molecule has 3 N–H and O–H groups in total. The van der Waals surface area contributed by atoms with Crippen molar-refractivity contribution in [3.05, 3.63) is 59.2 Å². The third-order valence-corrected chi connectivity index (χ3v) is 4.54. The Morgan fingerprint density at radius 3 is 1.65 bits per heavy atom. The van der Waals surface area contributed by atoms with Gasteiger partial charge in [-0.1, -0.05) is 63.0 Å². The highest BCUT2D eigenvalue weighted by atomic mass is 79.9. The number of aromatic nitrogens is 2. The number of Topliss-reactive ketones (excluding diaryl/α,β-unsaturated/α-hetero) is 1. The van der Waals surface area contributed by atoms with E-state index in [9.17, 15) is 4.79 Å². The quantitative estimate of drug-likeness (QED) is 0.179. The fourth-order valence-electron chi connectivity index (χ4n) is 1.92. The van der Waals surface area contributed by atoms with Crippen LogP contribution in [0, 0.1) is 0 Å². The zero-order chi connectivity index (χ0) is 24.8. The van der Waals surface area contributed by atoms with Gasteiger partial charge < -0.3 is 14.8 Å². The number of halogens is 4. The zero-order valence-electron chi connectivity index (χ0n) is 20.2. The predicted octanol–water partition coefficient (Wildman–Crippen LogP) is 5.12. The number of hydrogen-bond acceptors (Lipinski definition) is 8. The van der Waals surface area contributed by atoms with Crippen molar-refractivity contribution in [1.82, 2.24) is 9.97 Å². The van der Waals surface area contributed by atoms with Crippen molar-refractivity contribution in [3.8, 4) is 0 Å². The van der Waals surface area contributed by atoms with E-state index in [0.717, 1.165) is 29.8 Å². The summed E-state index contributed by atoms with van der Waals surface area (Å²) in [5.74, 6) is 4.37. The number of nitrogens with zero attached hydrogens (tertiary/aromatic N) is 3. The normalized spacial score (nSPS) is 9.26. The van der Waals surface area contributed by atoms with Gasteiger partial charge in [0, 0.05) is 19.0 Å². The maximum Gasteiger partial charge on any atom is 0.191 e. The van der Waals surface area contributed by atoms with Gasteiger partial charge in [0.25, 0.3) is 0 Å². The Morgan fingerprint density at radius 2 is 1.38 bits per heavy atom. The molecule has 8 nitrogen and oxygen atoms in total. The summed E-state index contributed by atoms with van der Waals surface area (Å²) in [7, 11) is 2.93. The Kier molecular flexibility index (Phi) is 33.5. The summed E-state index contributed by atoms with van der Waals surface area (Å²) in [6.07, 6.45) is 5.56. The summed E-state index contributed by atoms with van der Waals surface area (Å²) >= 11 is 6.44. The lowest BCUT2D eigenvalue weighted by Gasteiger charge is -2.02. The smallest absolute Gasteiger partial charge is 0.191 e. The molecule has 0 amide bonds. The summed E-state index contributed by atoms with van der Waals surface area (Å²) in [5.41, 5.74) is 4.56. The fraction of sp³-hybridized carbons (Fsp3) is 0.455. The van der Waals surface area contributed by atoms with E-state index in [1.165, 1.54) is 19.8 Å². The standard InChI is InChI=1S/C10H13BrN2O.C9H10BrNO.C2H6O.CH5NO.BrH.ClH/c1-3-8-4-5-9(12-7-8)10(6-11)13-14-2;1-2-7-3-4-8(11-6-7)9(12)5-10;1-2-3;1-3-2;;/h4-5,7H,3,6H2,1-2H3;3-4,6H,2,5H2,1H3;3H,2H2,1H3;2H2,1H3;2*1H. The second kappa shape index (κ2) is 28.3. The van der Waals surface area contributed by atoms with E-state index < -0.39 is 0 Å². The average Bonchev–Trinajstić information content (AvgIpc) is 2.83. The lowest BCUT2D eigenvalue weighted by molar-refractivity contribution is 0.101. The molecule has 0 aliphatic heterocycles. The number of nitrogens with two attached hydrogens (primary N) is 1. The lowest BCUT2D eigenvalue weighted by atomic mass is 10.2. The van der Waals surface area contributed by atoms with Crippen molar-refractivity contribution >= 4 is 72.7 Å². The topological polar surface area (TPSA) is 120 Å². The van der Waals surface area contributed by atoms with E-state index in [4.69, 9.17) is 9.94 Å². The van der Waals surface area contributed by atoms with Crippen LogP contribution < -0.4 is 5.90 Å². The van der Waals surface area contributed by atoms with E-state index in [2.05, 4.69) is 77.6 Å². The van der Waals surface area contributed by atoms with Gasteiger partial charge in [-0.15, -0.1) is 29.4 Å². The number of aryl methyl sites for hydroxylation is 2. The number of oxime groups is 1. The Morgan fingerprint density at radius 1 is 0.971 bits per heavy atom. The largest absolute Gasteiger partial charge is 0.399 e. The first-order chi connectivity index (χ1) is 15.4. The lowest BCUT2D eigenvalue weighted by Crippen LogP contribution is -2.05. The monoisotopic (exact) mass is 692 g/mol. The number of pyridine rings is 2. The van der Waals surface area contributed by atoms with Gasteiger partial charge in [0.05, 0.1) is 23.5 Å². The van der Waals surface area contributed by atoms with E-state index in [1.54, 1.807) is 19.2 Å². The minimum absolute atomic E-state index is 0. The molecule has 2 rings (SSSR count). The molecule has 34 heavy (non-hydrogen) atoms. The van der Waals surface area contributed by atoms with Gasteiger partial charge in [0.2, 0.25) is 0 Å². The number of aliphatic hydroxyl groups is 1. The van der Waals surface area contributed by atoms with E-state index in [-0.39, 0.29) is 41.8 Å². The molecule has 0 spiro atoms. The number of ketones is 1. The van der Waals surface area contributed by atoms with Gasteiger partial charge >= 0.3 is 0 Å². The average molecular weight is 696 g/mol. The van der Waals surface area contributed by atoms with Crippen molar-refractivity contribution in [2.45, 2.75) is 33.6 Å². The first kappa shape index (κ1) is 40.2. The van der Waals surface area contributed by atoms with Gasteiger partial charge in [-0.3, -0.25) is 14.8 Å². The Balaban J connectivity index is -0.000000206. The molecule has 12 heteroatoms. The predicted molar refractivity (Wildman–Crippen MR) is 154 cm³/mol. The van der Waals surface area contributed by atoms with Crippen molar-refractivity contribution in [1.29, 1.82) is 0 Å². The first-order valence-electron chi connectivity index (χ1n) is 9.91. The molecule has 0 aliphatic rings. The minimum Gasteiger partial charge on any atom is -0.399 e. The van der Waals surface area contributed by atoms with Crippen LogP contribution in [0.15, 0.2) is 41.8 Å². The third kappa shape index (κ3) is 19.4. The molecular weight excluding hydrogens is 659 g/mol. The highest BCUT2D eigenvalue weighted by molar-refractivity contribution is 9.09. The maximum absolute atomic E-state index is 11.1. The highest BCUT2D eigenvalue weighted by Gasteiger charge is 2.04. The zero-order valence-corrected chi connectivity index (χ0v) is 25.9. The number of alkyl halides is 2. The summed E-state index contributed by atoms with van der Waals surface area (Å²) in [6.45, 7) is 6.09. The fourth-order valence-corrected chi connectivity index (χ4v) is 2.60. The van der Waals surface area contributed by atoms with Crippen molar-refractivity contribution < 1.29 is 19.6 Å². The molecule has 0 atom stereocenters. The molecule has 0 bridgehead atoms. The summed E-state index contributed by atoms with van der Waals surface area (Å²) in [5, 5.41) is 12.4. The molecule has 2 aromatic rings. The molecule has 0 radical (unpaired) electrons. The molecule has 0 fully saturated rings. The Bertz CT molecular complexity index is 751. The van der Waals surface area contributed by atoms with Crippen LogP contribution in [0.5, 0.6) is 0 Å². The molecule has 196 valence electrons. The molecule has 0 aliphatic carbocycles. The van der Waals surface area contributed by atoms with Gasteiger partial charge in [-0.25, -0.2) is 5.90 Å². The molecule has 2 heterocycles. The van der Waals surface area contributed by atoms with Gasteiger partial charge in [-0.2, -0.15) is 0 Å². The van der Waals surface area contributed by atoms with Crippen molar-refractivity contribution in [3.63, 3.8) is 0 Å². The minimum atomic E-state index is 0. The molecule has 0 unspecified atom stereocenters. The molecule has 0 aromatic carbocycles.